The topological polar surface area (TPSA) is 87.2 Å². The molecule has 2 aromatic rings. The zero-order valence-corrected chi connectivity index (χ0v) is 17.0. The van der Waals surface area contributed by atoms with E-state index in [1.54, 1.807) is 36.4 Å². The van der Waals surface area contributed by atoms with Crippen LogP contribution in [0.15, 0.2) is 63.6 Å². The van der Waals surface area contributed by atoms with Crippen molar-refractivity contribution in [2.24, 2.45) is 5.73 Å². The summed E-state index contributed by atoms with van der Waals surface area (Å²) in [7, 11) is 0. The fourth-order valence-electron chi connectivity index (χ4n) is 2.70. The summed E-state index contributed by atoms with van der Waals surface area (Å²) >= 11 is 10.5. The number of carbonyl (C=O) groups is 2. The number of benzene rings is 2. The number of anilines is 1. The number of hydrogen-bond donors (Lipinski definition) is 1. The van der Waals surface area contributed by atoms with Gasteiger partial charge in [-0.05, 0) is 48.4 Å². The molecule has 0 saturated carbocycles. The summed E-state index contributed by atoms with van der Waals surface area (Å²) in [6.45, 7) is 0. The van der Waals surface area contributed by atoms with Gasteiger partial charge in [-0.25, -0.2) is 0 Å². The molecule has 1 aliphatic rings. The quantitative estimate of drug-likeness (QED) is 0.549. The van der Waals surface area contributed by atoms with Crippen molar-refractivity contribution in [3.63, 3.8) is 0 Å². The molecule has 2 aromatic carbocycles. The molecule has 3 rings (SSSR count). The Bertz CT molecular complexity index is 985. The van der Waals surface area contributed by atoms with Crippen LogP contribution in [0.3, 0.4) is 0 Å². The maximum absolute atomic E-state index is 13.1. The van der Waals surface area contributed by atoms with E-state index in [0.29, 0.717) is 17.1 Å². The minimum atomic E-state index is -0.863. The Hall–Kier alpha value is -2.27. The first-order chi connectivity index (χ1) is 12.9. The summed E-state index contributed by atoms with van der Waals surface area (Å²) in [4.78, 5) is 26.2. The molecule has 2 amide bonds. The summed E-state index contributed by atoms with van der Waals surface area (Å²) in [5.41, 5.74) is 6.58. The molecular formula is C19H13BrClN3O2S. The number of thioether (sulfide) groups is 1. The third kappa shape index (κ3) is 4.19. The number of hydrogen-bond acceptors (Lipinski definition) is 4. The van der Waals surface area contributed by atoms with E-state index in [0.717, 1.165) is 10.0 Å². The molecule has 0 aliphatic carbocycles. The fraction of sp³-hybridized carbons (Fsp3) is 0.105. The van der Waals surface area contributed by atoms with Crippen molar-refractivity contribution in [3.8, 4) is 6.07 Å². The van der Waals surface area contributed by atoms with E-state index < -0.39 is 11.2 Å². The molecule has 0 bridgehead atoms. The van der Waals surface area contributed by atoms with E-state index in [1.165, 1.54) is 16.7 Å². The van der Waals surface area contributed by atoms with Crippen LogP contribution in [0.1, 0.15) is 5.56 Å². The molecule has 2 N–H and O–H groups in total. The van der Waals surface area contributed by atoms with Crippen LogP contribution in [-0.2, 0) is 16.0 Å². The van der Waals surface area contributed by atoms with Gasteiger partial charge in [-0.15, -0.1) is 0 Å². The summed E-state index contributed by atoms with van der Waals surface area (Å²) in [5.74, 6) is -1.08. The lowest BCUT2D eigenvalue weighted by Crippen LogP contribution is -2.31. The minimum absolute atomic E-state index is 0.216. The Labute approximate surface area is 173 Å². The third-order valence-electron chi connectivity index (χ3n) is 3.92. The second-order valence-electron chi connectivity index (χ2n) is 5.75. The van der Waals surface area contributed by atoms with Gasteiger partial charge in [0.15, 0.2) is 0 Å². The van der Waals surface area contributed by atoms with Gasteiger partial charge < -0.3 is 5.73 Å². The van der Waals surface area contributed by atoms with Crippen molar-refractivity contribution in [2.45, 2.75) is 11.7 Å². The van der Waals surface area contributed by atoms with Crippen LogP contribution < -0.4 is 10.6 Å². The van der Waals surface area contributed by atoms with Crippen molar-refractivity contribution in [3.05, 3.63) is 74.2 Å². The molecular weight excluding hydrogens is 450 g/mol. The zero-order chi connectivity index (χ0) is 19.6. The first kappa shape index (κ1) is 19.5. The second-order valence-corrected chi connectivity index (χ2v) is 8.29. The highest BCUT2D eigenvalue weighted by atomic mass is 79.9. The molecule has 0 aromatic heterocycles. The summed E-state index contributed by atoms with van der Waals surface area (Å²) < 4.78 is 0.849. The van der Waals surface area contributed by atoms with Crippen LogP contribution in [0.25, 0.3) is 0 Å². The Balaban J connectivity index is 2.03. The fourth-order valence-corrected chi connectivity index (χ4v) is 4.50. The Morgan fingerprint density at radius 3 is 2.59 bits per heavy atom. The molecule has 1 heterocycles. The van der Waals surface area contributed by atoms with E-state index in [1.807, 2.05) is 18.2 Å². The van der Waals surface area contributed by atoms with Crippen molar-refractivity contribution in [1.82, 2.24) is 0 Å². The first-order valence-corrected chi connectivity index (χ1v) is 9.90. The van der Waals surface area contributed by atoms with E-state index in [-0.39, 0.29) is 16.5 Å². The second kappa shape index (κ2) is 8.17. The molecule has 5 nitrogen and oxygen atoms in total. The van der Waals surface area contributed by atoms with Gasteiger partial charge in [0.25, 0.3) is 5.91 Å². The van der Waals surface area contributed by atoms with Crippen LogP contribution in [0.4, 0.5) is 5.69 Å². The molecule has 27 heavy (non-hydrogen) atoms. The molecule has 0 radical (unpaired) electrons. The molecule has 1 atom stereocenters. The number of nitrogens with zero attached hydrogens (tertiary/aromatic N) is 2. The lowest BCUT2D eigenvalue weighted by molar-refractivity contribution is -0.117. The smallest absolute Gasteiger partial charge is 0.262 e. The maximum atomic E-state index is 13.1. The first-order valence-electron chi connectivity index (χ1n) is 7.85. The highest BCUT2D eigenvalue weighted by molar-refractivity contribution is 9.10. The van der Waals surface area contributed by atoms with Crippen LogP contribution >= 0.6 is 39.3 Å². The molecule has 1 unspecified atom stereocenters. The number of primary amides is 1. The van der Waals surface area contributed by atoms with Crippen LogP contribution in [0.5, 0.6) is 0 Å². The maximum Gasteiger partial charge on any atom is 0.262 e. The van der Waals surface area contributed by atoms with Gasteiger partial charge in [0.1, 0.15) is 16.7 Å². The SMILES string of the molecule is N#CC(C(N)=O)=C1SC(Cc2cccc(Cl)c2)C(=O)N1c1ccc(Br)cc1. The average molecular weight is 463 g/mol. The summed E-state index contributed by atoms with van der Waals surface area (Å²) in [6, 6.07) is 16.1. The van der Waals surface area contributed by atoms with Gasteiger partial charge in [-0.1, -0.05) is 51.4 Å². The van der Waals surface area contributed by atoms with Crippen molar-refractivity contribution in [2.75, 3.05) is 4.90 Å². The summed E-state index contributed by atoms with van der Waals surface area (Å²) in [5, 5.41) is 9.72. The van der Waals surface area contributed by atoms with E-state index >= 15 is 0 Å². The number of nitriles is 1. The average Bonchev–Trinajstić information content (AvgIpc) is 2.92. The predicted octanol–water partition coefficient (Wildman–Crippen LogP) is 4.01. The Morgan fingerprint density at radius 1 is 1.30 bits per heavy atom. The van der Waals surface area contributed by atoms with Crippen molar-refractivity contribution in [1.29, 1.82) is 5.26 Å². The molecule has 0 spiro atoms. The standard InChI is InChI=1S/C19H13BrClN3O2S/c20-12-4-6-14(7-5-12)24-18(26)16(9-11-2-1-3-13(21)8-11)27-19(24)15(10-22)17(23)25/h1-8,16H,9H2,(H2,23,25). The highest BCUT2D eigenvalue weighted by Gasteiger charge is 2.40. The number of rotatable bonds is 4. The van der Waals surface area contributed by atoms with Gasteiger partial charge >= 0.3 is 0 Å². The van der Waals surface area contributed by atoms with Crippen LogP contribution in [0.2, 0.25) is 5.02 Å². The molecule has 1 saturated heterocycles. The largest absolute Gasteiger partial charge is 0.365 e. The van der Waals surface area contributed by atoms with Crippen molar-refractivity contribution < 1.29 is 9.59 Å². The number of nitrogens with two attached hydrogens (primary N) is 1. The highest BCUT2D eigenvalue weighted by Crippen LogP contribution is 2.42. The normalized spacial score (nSPS) is 18.3. The Kier molecular flexibility index (Phi) is 5.90. The molecule has 1 aliphatic heterocycles. The molecule has 8 heteroatoms. The van der Waals surface area contributed by atoms with Crippen LogP contribution in [0, 0.1) is 11.3 Å². The van der Waals surface area contributed by atoms with Gasteiger partial charge in [0.05, 0.1) is 5.25 Å². The minimum Gasteiger partial charge on any atom is -0.365 e. The Morgan fingerprint density at radius 2 is 2.00 bits per heavy atom. The number of amides is 2. The van der Waals surface area contributed by atoms with E-state index in [2.05, 4.69) is 15.9 Å². The lowest BCUT2D eigenvalue weighted by Gasteiger charge is -2.18. The monoisotopic (exact) mass is 461 g/mol. The predicted molar refractivity (Wildman–Crippen MR) is 110 cm³/mol. The van der Waals surface area contributed by atoms with E-state index in [9.17, 15) is 14.9 Å². The van der Waals surface area contributed by atoms with E-state index in [4.69, 9.17) is 17.3 Å². The third-order valence-corrected chi connectivity index (χ3v) is 5.95. The van der Waals surface area contributed by atoms with Gasteiger partial charge in [-0.2, -0.15) is 5.26 Å². The number of halogens is 2. The lowest BCUT2D eigenvalue weighted by atomic mass is 10.1. The van der Waals surface area contributed by atoms with Crippen molar-refractivity contribution >= 4 is 56.8 Å². The summed E-state index contributed by atoms with van der Waals surface area (Å²) in [6.07, 6.45) is 0.415. The van der Waals surface area contributed by atoms with Gasteiger partial charge in [-0.3, -0.25) is 14.5 Å². The van der Waals surface area contributed by atoms with Gasteiger partial charge in [0, 0.05) is 15.2 Å². The van der Waals surface area contributed by atoms with Gasteiger partial charge in [0.2, 0.25) is 5.91 Å². The van der Waals surface area contributed by atoms with Crippen LogP contribution in [-0.4, -0.2) is 17.1 Å². The zero-order valence-electron chi connectivity index (χ0n) is 13.9. The molecule has 136 valence electrons. The molecule has 1 fully saturated rings. The number of carbonyl (C=O) groups excluding carboxylic acids is 2.